The highest BCUT2D eigenvalue weighted by molar-refractivity contribution is 4.36. The van der Waals surface area contributed by atoms with Gasteiger partial charge in [-0.15, -0.1) is 0 Å². The number of nitrogens with zero attached hydrogens (tertiary/aromatic N) is 1. The highest BCUT2D eigenvalue weighted by Gasteiger charge is 2.04. The molecule has 0 unspecified atom stereocenters. The van der Waals surface area contributed by atoms with Gasteiger partial charge in [0, 0.05) is 13.7 Å². The molecule has 0 aromatic heterocycles. The molecule has 0 amide bonds. The SMILES string of the molecule is COCCCN(OCCO)OCCO. The normalized spacial score (nSPS) is 11.1. The molecule has 0 bridgehead atoms. The zero-order valence-corrected chi connectivity index (χ0v) is 8.52. The van der Waals surface area contributed by atoms with Gasteiger partial charge in [0.1, 0.15) is 0 Å². The standard InChI is InChI=1S/C8H19NO5/c1-12-6-2-3-9(13-7-4-10)14-8-5-11/h10-11H,2-8H2,1H3. The molecular weight excluding hydrogens is 190 g/mol. The Morgan fingerprint density at radius 1 is 1.00 bits per heavy atom. The number of methoxy groups -OCH3 is 1. The average Bonchev–Trinajstić information content (AvgIpc) is 2.21. The number of hydrogen-bond acceptors (Lipinski definition) is 6. The van der Waals surface area contributed by atoms with Crippen LogP contribution in [0.15, 0.2) is 0 Å². The van der Waals surface area contributed by atoms with Crippen LogP contribution in [0.4, 0.5) is 0 Å². The van der Waals surface area contributed by atoms with E-state index in [0.29, 0.717) is 13.2 Å². The van der Waals surface area contributed by atoms with Gasteiger partial charge in [-0.3, -0.25) is 9.68 Å². The fourth-order valence-electron chi connectivity index (χ4n) is 0.790. The highest BCUT2D eigenvalue weighted by Crippen LogP contribution is 1.95. The quantitative estimate of drug-likeness (QED) is 0.361. The number of rotatable bonds is 10. The molecule has 2 N–H and O–H groups in total. The van der Waals surface area contributed by atoms with Crippen molar-refractivity contribution in [2.24, 2.45) is 0 Å². The number of hydroxylamine groups is 2. The van der Waals surface area contributed by atoms with E-state index in [1.165, 1.54) is 5.23 Å². The largest absolute Gasteiger partial charge is 0.394 e. The molecule has 0 atom stereocenters. The highest BCUT2D eigenvalue weighted by atomic mass is 16.9. The second kappa shape index (κ2) is 10.8. The Kier molecular flexibility index (Phi) is 10.7. The summed E-state index contributed by atoms with van der Waals surface area (Å²) in [5.74, 6) is 0. The summed E-state index contributed by atoms with van der Waals surface area (Å²) in [7, 11) is 1.62. The van der Waals surface area contributed by atoms with E-state index in [9.17, 15) is 0 Å². The molecule has 0 saturated heterocycles. The van der Waals surface area contributed by atoms with Crippen LogP contribution in [0.5, 0.6) is 0 Å². The third kappa shape index (κ3) is 8.36. The number of ether oxygens (including phenoxy) is 1. The lowest BCUT2D eigenvalue weighted by atomic mass is 10.5. The van der Waals surface area contributed by atoms with E-state index < -0.39 is 0 Å². The Hall–Kier alpha value is -0.240. The van der Waals surface area contributed by atoms with Crippen molar-refractivity contribution < 1.29 is 24.6 Å². The third-order valence-electron chi connectivity index (χ3n) is 1.34. The molecule has 0 aliphatic heterocycles. The first-order valence-electron chi connectivity index (χ1n) is 4.59. The molecule has 0 aliphatic rings. The van der Waals surface area contributed by atoms with Gasteiger partial charge in [0.25, 0.3) is 0 Å². The number of aliphatic hydroxyl groups excluding tert-OH is 2. The summed E-state index contributed by atoms with van der Waals surface area (Å²) in [6, 6.07) is 0. The van der Waals surface area contributed by atoms with Gasteiger partial charge in [-0.25, -0.2) is 0 Å². The lowest BCUT2D eigenvalue weighted by molar-refractivity contribution is -0.371. The van der Waals surface area contributed by atoms with Crippen LogP contribution in [-0.2, 0) is 14.4 Å². The Labute approximate surface area is 83.9 Å². The molecule has 86 valence electrons. The third-order valence-corrected chi connectivity index (χ3v) is 1.34. The predicted molar refractivity (Wildman–Crippen MR) is 49.3 cm³/mol. The van der Waals surface area contributed by atoms with Crippen LogP contribution >= 0.6 is 0 Å². The van der Waals surface area contributed by atoms with Gasteiger partial charge in [-0.1, -0.05) is 5.23 Å². The van der Waals surface area contributed by atoms with E-state index in [1.807, 2.05) is 0 Å². The molecular formula is C8H19NO5. The second-order valence-electron chi connectivity index (χ2n) is 2.52. The van der Waals surface area contributed by atoms with E-state index >= 15 is 0 Å². The van der Waals surface area contributed by atoms with E-state index in [0.717, 1.165) is 6.42 Å². The lowest BCUT2D eigenvalue weighted by Gasteiger charge is -2.19. The summed E-state index contributed by atoms with van der Waals surface area (Å²) in [5, 5.41) is 18.3. The van der Waals surface area contributed by atoms with Crippen molar-refractivity contribution in [2.75, 3.05) is 46.7 Å². The van der Waals surface area contributed by atoms with E-state index in [-0.39, 0.29) is 26.4 Å². The summed E-state index contributed by atoms with van der Waals surface area (Å²) in [5.41, 5.74) is 0. The van der Waals surface area contributed by atoms with E-state index in [1.54, 1.807) is 7.11 Å². The van der Waals surface area contributed by atoms with Gasteiger partial charge in [0.15, 0.2) is 0 Å². The fraction of sp³-hybridized carbons (Fsp3) is 1.00. The Morgan fingerprint density at radius 2 is 1.57 bits per heavy atom. The molecule has 0 saturated carbocycles. The zero-order chi connectivity index (χ0) is 10.6. The monoisotopic (exact) mass is 209 g/mol. The molecule has 0 heterocycles. The maximum atomic E-state index is 8.53. The lowest BCUT2D eigenvalue weighted by Crippen LogP contribution is -2.29. The van der Waals surface area contributed by atoms with Crippen LogP contribution in [0.2, 0.25) is 0 Å². The summed E-state index contributed by atoms with van der Waals surface area (Å²) >= 11 is 0. The van der Waals surface area contributed by atoms with E-state index in [2.05, 4.69) is 0 Å². The first-order chi connectivity index (χ1) is 6.85. The van der Waals surface area contributed by atoms with Gasteiger partial charge in [0.2, 0.25) is 0 Å². The predicted octanol–water partition coefficient (Wildman–Crippen LogP) is -0.827. The molecule has 0 rings (SSSR count). The summed E-state index contributed by atoms with van der Waals surface area (Å²) in [6.07, 6.45) is 0.757. The van der Waals surface area contributed by atoms with Gasteiger partial charge in [-0.05, 0) is 6.42 Å². The summed E-state index contributed by atoms with van der Waals surface area (Å²) in [6.45, 7) is 1.37. The van der Waals surface area contributed by atoms with Crippen molar-refractivity contribution in [3.05, 3.63) is 0 Å². The second-order valence-corrected chi connectivity index (χ2v) is 2.52. The molecule has 0 spiro atoms. The van der Waals surface area contributed by atoms with Crippen LogP contribution in [0, 0.1) is 0 Å². The van der Waals surface area contributed by atoms with Gasteiger partial charge >= 0.3 is 0 Å². The topological polar surface area (TPSA) is 71.4 Å². The smallest absolute Gasteiger partial charge is 0.0942 e. The molecule has 0 fully saturated rings. The zero-order valence-electron chi connectivity index (χ0n) is 8.52. The van der Waals surface area contributed by atoms with Gasteiger partial charge in [-0.2, -0.15) is 0 Å². The summed E-state index contributed by atoms with van der Waals surface area (Å²) < 4.78 is 4.86. The Bertz CT molecular complexity index is 106. The molecule has 6 heteroatoms. The molecule has 0 aromatic carbocycles. The van der Waals surface area contributed by atoms with Crippen molar-refractivity contribution in [1.82, 2.24) is 5.23 Å². The number of hydrogen-bond donors (Lipinski definition) is 2. The average molecular weight is 209 g/mol. The van der Waals surface area contributed by atoms with Gasteiger partial charge in [0.05, 0.1) is 33.0 Å². The van der Waals surface area contributed by atoms with Crippen LogP contribution in [0.25, 0.3) is 0 Å². The molecule has 0 aromatic rings. The van der Waals surface area contributed by atoms with Crippen LogP contribution < -0.4 is 0 Å². The van der Waals surface area contributed by atoms with Gasteiger partial charge < -0.3 is 14.9 Å². The molecule has 0 aliphatic carbocycles. The van der Waals surface area contributed by atoms with Crippen molar-refractivity contribution in [3.63, 3.8) is 0 Å². The maximum Gasteiger partial charge on any atom is 0.0942 e. The maximum absolute atomic E-state index is 8.53. The summed E-state index contributed by atoms with van der Waals surface area (Å²) in [4.78, 5) is 10.1. The molecule has 0 radical (unpaired) electrons. The minimum atomic E-state index is -0.0662. The minimum absolute atomic E-state index is 0.0662. The van der Waals surface area contributed by atoms with Crippen LogP contribution in [-0.4, -0.2) is 62.1 Å². The van der Waals surface area contributed by atoms with Crippen molar-refractivity contribution >= 4 is 0 Å². The van der Waals surface area contributed by atoms with Crippen LogP contribution in [0.3, 0.4) is 0 Å². The van der Waals surface area contributed by atoms with Crippen LogP contribution in [0.1, 0.15) is 6.42 Å². The first kappa shape index (κ1) is 13.8. The van der Waals surface area contributed by atoms with E-state index in [4.69, 9.17) is 24.6 Å². The minimum Gasteiger partial charge on any atom is -0.394 e. The Morgan fingerprint density at radius 3 is 2.00 bits per heavy atom. The number of aliphatic hydroxyl groups is 2. The van der Waals surface area contributed by atoms with Crippen molar-refractivity contribution in [3.8, 4) is 0 Å². The molecule has 6 nitrogen and oxygen atoms in total. The molecule has 14 heavy (non-hydrogen) atoms. The Balaban J connectivity index is 3.49. The fourth-order valence-corrected chi connectivity index (χ4v) is 0.790. The van der Waals surface area contributed by atoms with Crippen molar-refractivity contribution in [2.45, 2.75) is 6.42 Å². The van der Waals surface area contributed by atoms with Crippen molar-refractivity contribution in [1.29, 1.82) is 0 Å². The first-order valence-corrected chi connectivity index (χ1v) is 4.59.